The minimum absolute atomic E-state index is 0.110. The van der Waals surface area contributed by atoms with Crippen LogP contribution in [0.3, 0.4) is 0 Å². The Kier molecular flexibility index (Phi) is 18.9. The van der Waals surface area contributed by atoms with Crippen LogP contribution in [0.4, 0.5) is 10.1 Å². The molecule has 0 aliphatic heterocycles. The van der Waals surface area contributed by atoms with Crippen LogP contribution in [0.2, 0.25) is 0 Å². The number of hydrogen-bond acceptors (Lipinski definition) is 10. The van der Waals surface area contributed by atoms with Gasteiger partial charge >= 0.3 is 0 Å². The highest BCUT2D eigenvalue weighted by atomic mass is 35.5. The molecule has 5 aromatic carbocycles. The summed E-state index contributed by atoms with van der Waals surface area (Å²) in [6.07, 6.45) is 3.22. The number of fused-ring (bicyclic) bond motifs is 3. The van der Waals surface area contributed by atoms with Crippen molar-refractivity contribution in [2.24, 2.45) is 7.05 Å². The standard InChI is InChI=1S/C54H59ClFN5O9/c1-4-54(2,56)42-11-13-44(14-12-42)61-50-23-10-41(36-48(50)49-39-59(3)58-52(49)61)53(63)57-24-25-64-26-27-65-28-29-66-30-31-67-32-33-68-34-35-69-45-19-21-47(22-20-45)70-46-17-15-43(16-18-46)60(51(62)37-55)38-40-8-6-5-7-9-40/h4-23,36,39H,1,24-35,37-38H2,2-3H3,(H,57,63). The molecule has 70 heavy (non-hydrogen) atoms. The molecule has 7 rings (SSSR count). The van der Waals surface area contributed by atoms with Crippen molar-refractivity contribution in [3.63, 3.8) is 0 Å². The molecule has 16 heteroatoms. The van der Waals surface area contributed by atoms with Gasteiger partial charge in [-0.2, -0.15) is 5.10 Å². The molecule has 2 heterocycles. The zero-order valence-electron chi connectivity index (χ0n) is 39.5. The van der Waals surface area contributed by atoms with Crippen LogP contribution in [-0.4, -0.2) is 111 Å². The third-order valence-electron chi connectivity index (χ3n) is 11.2. The number of carbonyl (C=O) groups is 2. The van der Waals surface area contributed by atoms with Gasteiger partial charge in [-0.15, -0.1) is 11.6 Å². The van der Waals surface area contributed by atoms with Crippen LogP contribution in [-0.2, 0) is 47.7 Å². The number of nitrogens with one attached hydrogen (secondary N) is 1. The molecule has 1 unspecified atom stereocenters. The van der Waals surface area contributed by atoms with Crippen LogP contribution in [0, 0.1) is 0 Å². The van der Waals surface area contributed by atoms with Gasteiger partial charge in [0.15, 0.2) is 11.3 Å². The van der Waals surface area contributed by atoms with Crippen LogP contribution in [0.15, 0.2) is 140 Å². The largest absolute Gasteiger partial charge is 0.491 e. The number of nitrogens with zero attached hydrogens (tertiary/aromatic N) is 4. The number of amides is 2. The second kappa shape index (κ2) is 25.9. The van der Waals surface area contributed by atoms with E-state index in [0.29, 0.717) is 114 Å². The molecular weight excluding hydrogens is 917 g/mol. The van der Waals surface area contributed by atoms with Crippen molar-refractivity contribution in [1.29, 1.82) is 0 Å². The molecule has 1 atom stereocenters. The molecule has 7 aromatic rings. The minimum atomic E-state index is -1.63. The molecular formula is C54H59ClFN5O9. The Hall–Kier alpha value is -6.59. The maximum absolute atomic E-state index is 14.8. The molecule has 0 saturated heterocycles. The van der Waals surface area contributed by atoms with Crippen LogP contribution in [0.1, 0.15) is 28.4 Å². The molecule has 0 bridgehead atoms. The van der Waals surface area contributed by atoms with Crippen molar-refractivity contribution < 1.29 is 47.1 Å². The summed E-state index contributed by atoms with van der Waals surface area (Å²) >= 11 is 5.90. The summed E-state index contributed by atoms with van der Waals surface area (Å²) in [5.74, 6) is 1.48. The zero-order chi connectivity index (χ0) is 49.1. The van der Waals surface area contributed by atoms with Crippen molar-refractivity contribution in [2.45, 2.75) is 19.1 Å². The molecule has 2 amide bonds. The zero-order valence-corrected chi connectivity index (χ0v) is 40.3. The lowest BCUT2D eigenvalue weighted by Crippen LogP contribution is -2.31. The molecule has 0 aliphatic rings. The van der Waals surface area contributed by atoms with E-state index in [-0.39, 0.29) is 17.7 Å². The minimum Gasteiger partial charge on any atom is -0.491 e. The van der Waals surface area contributed by atoms with Crippen molar-refractivity contribution in [2.75, 3.05) is 90.0 Å². The van der Waals surface area contributed by atoms with Crippen molar-refractivity contribution in [3.8, 4) is 22.9 Å². The Morgan fingerprint density at radius 1 is 0.729 bits per heavy atom. The summed E-state index contributed by atoms with van der Waals surface area (Å²) in [4.78, 5) is 27.3. The van der Waals surface area contributed by atoms with Gasteiger partial charge in [0.25, 0.3) is 5.91 Å². The average Bonchev–Trinajstić information content (AvgIpc) is 3.91. The molecule has 2 aromatic heterocycles. The van der Waals surface area contributed by atoms with E-state index < -0.39 is 5.67 Å². The summed E-state index contributed by atoms with van der Waals surface area (Å²) in [6, 6.07) is 37.2. The van der Waals surface area contributed by atoms with E-state index in [2.05, 4.69) is 17.0 Å². The highest BCUT2D eigenvalue weighted by Gasteiger charge is 2.23. The number of alkyl halides is 2. The second-order valence-corrected chi connectivity index (χ2v) is 16.5. The first-order chi connectivity index (χ1) is 34.1. The topological polar surface area (TPSA) is 137 Å². The number of carbonyl (C=O) groups excluding carboxylic acids is 2. The first-order valence-corrected chi connectivity index (χ1v) is 23.7. The number of halogens is 2. The molecule has 0 spiro atoms. The summed E-state index contributed by atoms with van der Waals surface area (Å²) in [5, 5.41) is 9.39. The van der Waals surface area contributed by atoms with Gasteiger partial charge in [0.1, 0.15) is 29.7 Å². The molecule has 0 radical (unpaired) electrons. The number of hydrogen-bond donors (Lipinski definition) is 1. The van der Waals surface area contributed by atoms with Crippen LogP contribution in [0.25, 0.3) is 27.6 Å². The lowest BCUT2D eigenvalue weighted by Gasteiger charge is -2.22. The number of rotatable bonds is 29. The Bertz CT molecular complexity index is 2750. The summed E-state index contributed by atoms with van der Waals surface area (Å²) in [7, 11) is 1.85. The van der Waals surface area contributed by atoms with Crippen LogP contribution in [0.5, 0.6) is 17.2 Å². The first-order valence-electron chi connectivity index (χ1n) is 23.1. The molecule has 368 valence electrons. The molecule has 1 N–H and O–H groups in total. The second-order valence-electron chi connectivity index (χ2n) is 16.3. The summed E-state index contributed by atoms with van der Waals surface area (Å²) in [6.45, 7) is 10.4. The van der Waals surface area contributed by atoms with Crippen LogP contribution < -0.4 is 19.7 Å². The summed E-state index contributed by atoms with van der Waals surface area (Å²) in [5.41, 5.74) is 3.60. The molecule has 0 fully saturated rings. The predicted molar refractivity (Wildman–Crippen MR) is 269 cm³/mol. The maximum Gasteiger partial charge on any atom is 0.251 e. The Morgan fingerprint density at radius 2 is 1.30 bits per heavy atom. The quantitative estimate of drug-likeness (QED) is 0.0275. The Labute approximate surface area is 412 Å². The SMILES string of the molecule is C=CC(C)(F)c1ccc(-n2c3ccc(C(=O)NCCOCCOCCOCCOCCOCCOc4ccc(Oc5ccc(N(Cc6ccccc6)C(=O)CCl)cc5)cc4)cc3c3cn(C)nc32)cc1. The number of allylic oxidation sites excluding steroid dienone is 1. The van der Waals surface area contributed by atoms with E-state index in [9.17, 15) is 14.0 Å². The van der Waals surface area contributed by atoms with Gasteiger partial charge in [0.2, 0.25) is 5.91 Å². The van der Waals surface area contributed by atoms with Gasteiger partial charge in [-0.25, -0.2) is 4.39 Å². The number of ether oxygens (including phenoxy) is 7. The van der Waals surface area contributed by atoms with Crippen molar-refractivity contribution in [1.82, 2.24) is 19.7 Å². The fraction of sp³-hybridized carbons (Fsp3) is 0.315. The lowest BCUT2D eigenvalue weighted by molar-refractivity contribution is -0.116. The van der Waals surface area contributed by atoms with E-state index in [1.807, 2.05) is 121 Å². The molecule has 14 nitrogen and oxygen atoms in total. The van der Waals surface area contributed by atoms with Gasteiger partial charge < -0.3 is 43.4 Å². The number of aromatic nitrogens is 3. The van der Waals surface area contributed by atoms with E-state index in [1.165, 1.54) is 13.0 Å². The first kappa shape index (κ1) is 51.3. The van der Waals surface area contributed by atoms with Gasteiger partial charge in [-0.1, -0.05) is 55.1 Å². The highest BCUT2D eigenvalue weighted by Crippen LogP contribution is 2.34. The third kappa shape index (κ3) is 14.2. The van der Waals surface area contributed by atoms with Crippen LogP contribution >= 0.6 is 11.6 Å². The van der Waals surface area contributed by atoms with Crippen molar-refractivity contribution >= 4 is 51.0 Å². The van der Waals surface area contributed by atoms with Gasteiger partial charge in [0, 0.05) is 47.5 Å². The predicted octanol–water partition coefficient (Wildman–Crippen LogP) is 9.34. The average molecular weight is 977 g/mol. The lowest BCUT2D eigenvalue weighted by atomic mass is 9.98. The molecule has 0 saturated carbocycles. The maximum atomic E-state index is 14.8. The summed E-state index contributed by atoms with van der Waals surface area (Å²) < 4.78 is 58.4. The molecule has 0 aliphatic carbocycles. The smallest absolute Gasteiger partial charge is 0.251 e. The third-order valence-corrected chi connectivity index (χ3v) is 11.4. The Morgan fingerprint density at radius 3 is 1.90 bits per heavy atom. The number of aryl methyl sites for hydroxylation is 1. The van der Waals surface area contributed by atoms with E-state index in [0.717, 1.165) is 38.9 Å². The normalized spacial score (nSPS) is 12.2. The highest BCUT2D eigenvalue weighted by molar-refractivity contribution is 6.29. The van der Waals surface area contributed by atoms with Gasteiger partial charge in [-0.05, 0) is 96.9 Å². The Balaban J connectivity index is 0.678. The monoisotopic (exact) mass is 975 g/mol. The van der Waals surface area contributed by atoms with Gasteiger partial charge in [0.05, 0.1) is 78.1 Å². The van der Waals surface area contributed by atoms with E-state index in [4.69, 9.17) is 44.8 Å². The number of benzene rings is 5. The van der Waals surface area contributed by atoms with E-state index >= 15 is 0 Å². The number of anilines is 1. The fourth-order valence-corrected chi connectivity index (χ4v) is 7.63. The van der Waals surface area contributed by atoms with E-state index in [1.54, 1.807) is 27.8 Å². The fourth-order valence-electron chi connectivity index (χ4n) is 7.48. The van der Waals surface area contributed by atoms with Gasteiger partial charge in [-0.3, -0.25) is 18.8 Å². The van der Waals surface area contributed by atoms with Crippen molar-refractivity contribution in [3.05, 3.63) is 157 Å².